The molecule has 1 N–H and O–H groups in total. The Labute approximate surface area is 190 Å². The van der Waals surface area contributed by atoms with E-state index in [4.69, 9.17) is 0 Å². The zero-order valence-electron chi connectivity index (χ0n) is 18.5. The van der Waals surface area contributed by atoms with Gasteiger partial charge in [-0.05, 0) is 37.6 Å². The van der Waals surface area contributed by atoms with E-state index >= 15 is 0 Å². The summed E-state index contributed by atoms with van der Waals surface area (Å²) in [6.45, 7) is 2.67. The topological polar surface area (TPSA) is 128 Å². The number of anilines is 1. The average Bonchev–Trinajstić information content (AvgIpc) is 3.47. The summed E-state index contributed by atoms with van der Waals surface area (Å²) in [4.78, 5) is 36.1. The molecule has 12 heteroatoms. The van der Waals surface area contributed by atoms with Crippen LogP contribution in [0, 0.1) is 0 Å². The third-order valence-electron chi connectivity index (χ3n) is 5.50. The second-order valence-corrected chi connectivity index (χ2v) is 7.81. The molecule has 4 aromatic heterocycles. The fourth-order valence-corrected chi connectivity index (χ4v) is 3.70. The summed E-state index contributed by atoms with van der Waals surface area (Å²) in [7, 11) is 1.80. The third kappa shape index (κ3) is 4.22. The maximum Gasteiger partial charge on any atom is 0.231 e. The number of rotatable bonds is 6. The molecule has 4 aromatic rings. The van der Waals surface area contributed by atoms with E-state index in [1.165, 1.54) is 0 Å². The molecule has 2 atom stereocenters. The molecule has 1 aliphatic rings. The first-order valence-electron chi connectivity index (χ1n) is 10.6. The van der Waals surface area contributed by atoms with Gasteiger partial charge >= 0.3 is 0 Å². The van der Waals surface area contributed by atoms with Crippen LogP contribution in [0.25, 0.3) is 17.2 Å². The fourth-order valence-electron chi connectivity index (χ4n) is 3.70. The van der Waals surface area contributed by atoms with Crippen molar-refractivity contribution in [2.75, 3.05) is 18.9 Å². The number of nitrogens with one attached hydrogen (secondary N) is 1. The summed E-state index contributed by atoms with van der Waals surface area (Å²) < 4.78 is 1.58. The molecule has 181 valence electrons. The van der Waals surface area contributed by atoms with Crippen molar-refractivity contribution >= 4 is 11.9 Å². The van der Waals surface area contributed by atoms with E-state index in [9.17, 15) is 4.79 Å². The fraction of sp³-hybridized carbons (Fsp3) is 0.273. The van der Waals surface area contributed by atoms with Gasteiger partial charge in [0.15, 0.2) is 5.82 Å². The molecular formula is C22H22LrN10O. The summed E-state index contributed by atoms with van der Waals surface area (Å²) >= 11 is 0. The number of likely N-dealkylation sites (N-methyl/N-ethyl adjacent to an activating group) is 1. The Hall–Kier alpha value is -5.28. The van der Waals surface area contributed by atoms with Crippen molar-refractivity contribution in [1.29, 1.82) is 0 Å². The molecule has 5 rings (SSSR count). The van der Waals surface area contributed by atoms with E-state index in [0.29, 0.717) is 34.7 Å². The summed E-state index contributed by atoms with van der Waals surface area (Å²) in [5.41, 5.74) is 1.97. The van der Waals surface area contributed by atoms with Crippen LogP contribution in [0.1, 0.15) is 36.8 Å². The number of hydrogen-bond donors (Lipinski definition) is 1. The maximum atomic E-state index is 12.3. The van der Waals surface area contributed by atoms with Crippen molar-refractivity contribution in [3.63, 3.8) is 0 Å². The largest absolute Gasteiger partial charge is 0.345 e. The minimum atomic E-state index is -0.252. The first kappa shape index (κ1) is 21.9. The van der Waals surface area contributed by atoms with E-state index in [2.05, 4.69) is 40.5 Å². The number of hydrogen-bond acceptors (Lipinski definition) is 9. The number of amides is 1. The SMILES string of the molecule is C[C@H](Nc1nccc(-c2cccc(-n3cc([C@@H]4CCN(C)C4=O)nn3)n2)n1)c1ncccn1.[Lr]. The van der Waals surface area contributed by atoms with E-state index in [1.807, 2.05) is 25.1 Å². The Kier molecular flexibility index (Phi) is 5.85. The van der Waals surface area contributed by atoms with Crippen molar-refractivity contribution in [3.8, 4) is 17.2 Å². The van der Waals surface area contributed by atoms with Crippen molar-refractivity contribution in [2.24, 2.45) is 0 Å². The molecule has 1 aliphatic heterocycles. The average molecular weight is 704 g/mol. The third-order valence-corrected chi connectivity index (χ3v) is 5.50. The van der Waals surface area contributed by atoms with Gasteiger partial charge < -0.3 is 10.2 Å². The van der Waals surface area contributed by atoms with E-state index in [0.717, 1.165) is 13.0 Å². The van der Waals surface area contributed by atoms with Gasteiger partial charge in [0.2, 0.25) is 11.9 Å². The molecule has 11 nitrogen and oxygen atoms in total. The van der Waals surface area contributed by atoms with Gasteiger partial charge in [-0.15, -0.1) is 5.10 Å². The Morgan fingerprint density at radius 1 is 1.03 bits per heavy atom. The molecule has 1 radical (unpaired) electrons. The second-order valence-electron chi connectivity index (χ2n) is 7.81. The van der Waals surface area contributed by atoms with Gasteiger partial charge in [0.25, 0.3) is 0 Å². The number of aromatic nitrogens is 8. The van der Waals surface area contributed by atoms with Gasteiger partial charge in [0, 0.05) is 32.2 Å². The Morgan fingerprint density at radius 3 is 2.59 bits per heavy atom. The van der Waals surface area contributed by atoms with Crippen LogP contribution in [-0.2, 0) is 4.79 Å². The smallest absolute Gasteiger partial charge is 0.231 e. The molecule has 1 fully saturated rings. The van der Waals surface area contributed by atoms with Crippen molar-refractivity contribution in [2.45, 2.75) is 25.3 Å². The maximum absolute atomic E-state index is 12.3. The second kappa shape index (κ2) is 9.07. The van der Waals surface area contributed by atoms with Gasteiger partial charge in [-0.3, -0.25) is 4.79 Å². The summed E-state index contributed by atoms with van der Waals surface area (Å²) in [6, 6.07) is 8.98. The predicted molar refractivity (Wildman–Crippen MR) is 119 cm³/mol. The van der Waals surface area contributed by atoms with Gasteiger partial charge in [-0.25, -0.2) is 29.6 Å². The minimum absolute atomic E-state index is 0. The monoisotopic (exact) mass is 704 g/mol. The van der Waals surface area contributed by atoms with E-state index in [1.54, 1.807) is 53.5 Å². The predicted octanol–water partition coefficient (Wildman–Crippen LogP) is 2.03. The molecule has 0 spiro atoms. The van der Waals surface area contributed by atoms with Gasteiger partial charge in [0.05, 0.1) is 35.2 Å². The molecule has 1 saturated heterocycles. The van der Waals surface area contributed by atoms with Crippen LogP contribution < -0.4 is 5.32 Å². The summed E-state index contributed by atoms with van der Waals surface area (Å²) in [5, 5.41) is 11.6. The molecule has 0 aromatic carbocycles. The van der Waals surface area contributed by atoms with Crippen LogP contribution in [-0.4, -0.2) is 64.3 Å². The van der Waals surface area contributed by atoms with Crippen molar-refractivity contribution in [3.05, 3.63) is 66.6 Å². The number of carbonyl (C=O) groups excluding carboxylic acids is 1. The Bertz CT molecular complexity index is 1280. The van der Waals surface area contributed by atoms with Gasteiger partial charge in [-0.1, -0.05) is 11.3 Å². The van der Waals surface area contributed by atoms with Crippen LogP contribution in [0.15, 0.2) is 55.1 Å². The van der Waals surface area contributed by atoms with Gasteiger partial charge in [-0.2, -0.15) is 0 Å². The molecular weight excluding hydrogens is 682 g/mol. The zero-order valence-corrected chi connectivity index (χ0v) is 20.6. The number of nitrogens with zero attached hydrogens (tertiary/aromatic N) is 9. The van der Waals surface area contributed by atoms with Crippen LogP contribution in [0.5, 0.6) is 0 Å². The van der Waals surface area contributed by atoms with Crippen LogP contribution >= 0.6 is 0 Å². The van der Waals surface area contributed by atoms with E-state index in [-0.39, 0.29) is 17.9 Å². The first-order valence-corrected chi connectivity index (χ1v) is 10.6. The molecule has 0 aliphatic carbocycles. The molecule has 0 bridgehead atoms. The molecule has 0 saturated carbocycles. The summed E-state index contributed by atoms with van der Waals surface area (Å²) in [5.74, 6) is 1.51. The van der Waals surface area contributed by atoms with Gasteiger partial charge in [0.1, 0.15) is 5.82 Å². The van der Waals surface area contributed by atoms with Crippen LogP contribution in [0.3, 0.4) is 0 Å². The Balaban J connectivity index is 0.00000274. The molecule has 0 unspecified atom stereocenters. The van der Waals surface area contributed by atoms with Crippen LogP contribution in [0.2, 0.25) is 0 Å². The first-order chi connectivity index (χ1) is 16.1. The zero-order chi connectivity index (χ0) is 22.8. The van der Waals surface area contributed by atoms with Crippen molar-refractivity contribution in [1.82, 2.24) is 44.8 Å². The summed E-state index contributed by atoms with van der Waals surface area (Å²) in [6.07, 6.45) is 7.58. The molecule has 34 heavy (non-hydrogen) atoms. The number of likely N-dealkylation sites (tertiary alicyclic amines) is 1. The standard InChI is InChI=1S/C22H22N10O.Lr/c1-14(20-23-9-4-10-24-20)26-22-25-11-7-17(28-22)16-5-3-6-19(27-16)32-13-18(29-30-32)15-8-12-31(2)21(15)33;/h3-7,9-11,13-15H,8,12H2,1-2H3,(H,25,26,28);/t14-,15-;/m0./s1. The van der Waals surface area contributed by atoms with Crippen molar-refractivity contribution < 1.29 is 4.79 Å². The van der Waals surface area contributed by atoms with Crippen LogP contribution in [0.4, 0.5) is 5.95 Å². The quantitative estimate of drug-likeness (QED) is 0.321. The minimum Gasteiger partial charge on any atom is -0.345 e. The molecule has 1 amide bonds. The number of carbonyl (C=O) groups is 1. The van der Waals surface area contributed by atoms with E-state index < -0.39 is 0 Å². The normalized spacial score (nSPS) is 16.2. The Morgan fingerprint density at radius 2 is 1.82 bits per heavy atom. The number of pyridine rings is 1. The molecule has 5 heterocycles.